The largest absolute Gasteiger partial charge is 0.506 e. The normalized spacial score (nSPS) is 24.9. The molecular weight excluding hydrogens is 226 g/mol. The number of likely N-dealkylation sites (tertiary alicyclic amines) is 1. The van der Waals surface area contributed by atoms with Crippen molar-refractivity contribution in [3.05, 3.63) is 23.5 Å². The second-order valence-corrected chi connectivity index (χ2v) is 5.62. The van der Waals surface area contributed by atoms with Crippen LogP contribution in [0.4, 0.5) is 0 Å². The molecule has 0 amide bonds. The van der Waals surface area contributed by atoms with Crippen molar-refractivity contribution in [1.82, 2.24) is 14.8 Å². The summed E-state index contributed by atoms with van der Waals surface area (Å²) in [6, 6.07) is 4.17. The summed E-state index contributed by atoms with van der Waals surface area (Å²) in [5.41, 5.74) is 1.75. The minimum Gasteiger partial charge on any atom is -0.506 e. The van der Waals surface area contributed by atoms with Gasteiger partial charge in [-0.1, -0.05) is 6.92 Å². The van der Waals surface area contributed by atoms with Gasteiger partial charge in [-0.25, -0.2) is 0 Å². The van der Waals surface area contributed by atoms with Gasteiger partial charge in [-0.2, -0.15) is 0 Å². The molecule has 1 aromatic heterocycles. The molecule has 1 saturated heterocycles. The maximum absolute atomic E-state index is 9.84. The molecule has 4 heteroatoms. The van der Waals surface area contributed by atoms with E-state index in [0.717, 1.165) is 31.0 Å². The topological polar surface area (TPSA) is 39.6 Å². The number of nitrogens with zero attached hydrogens (tertiary/aromatic N) is 3. The van der Waals surface area contributed by atoms with E-state index in [1.807, 2.05) is 13.0 Å². The lowest BCUT2D eigenvalue weighted by Gasteiger charge is -2.22. The summed E-state index contributed by atoms with van der Waals surface area (Å²) in [7, 11) is 4.26. The fourth-order valence-electron chi connectivity index (χ4n) is 2.78. The Bertz CT molecular complexity index is 420. The zero-order valence-corrected chi connectivity index (χ0v) is 11.7. The van der Waals surface area contributed by atoms with E-state index in [9.17, 15) is 5.11 Å². The molecule has 1 fully saturated rings. The first-order chi connectivity index (χ1) is 8.47. The number of hydrogen-bond acceptors (Lipinski definition) is 4. The molecule has 2 unspecified atom stereocenters. The van der Waals surface area contributed by atoms with Gasteiger partial charge in [0.25, 0.3) is 0 Å². The SMILES string of the molecule is Cc1ccc(O)c(CN2CC(C)C(N(C)C)C2)n1. The molecule has 100 valence electrons. The first kappa shape index (κ1) is 13.3. The highest BCUT2D eigenvalue weighted by molar-refractivity contribution is 5.27. The van der Waals surface area contributed by atoms with E-state index in [1.54, 1.807) is 6.07 Å². The third kappa shape index (κ3) is 2.82. The highest BCUT2D eigenvalue weighted by atomic mass is 16.3. The van der Waals surface area contributed by atoms with E-state index >= 15 is 0 Å². The number of aromatic nitrogens is 1. The molecule has 2 atom stereocenters. The molecule has 0 bridgehead atoms. The molecule has 0 aromatic carbocycles. The first-order valence-corrected chi connectivity index (χ1v) is 6.51. The van der Waals surface area contributed by atoms with Gasteiger partial charge >= 0.3 is 0 Å². The van der Waals surface area contributed by atoms with Gasteiger partial charge in [0.2, 0.25) is 0 Å². The van der Waals surface area contributed by atoms with Crippen LogP contribution in [0.3, 0.4) is 0 Å². The van der Waals surface area contributed by atoms with Gasteiger partial charge in [-0.3, -0.25) is 9.88 Å². The van der Waals surface area contributed by atoms with Crippen molar-refractivity contribution in [3.63, 3.8) is 0 Å². The monoisotopic (exact) mass is 249 g/mol. The van der Waals surface area contributed by atoms with Gasteiger partial charge in [0.05, 0.1) is 5.69 Å². The van der Waals surface area contributed by atoms with Crippen LogP contribution in [-0.4, -0.2) is 53.1 Å². The molecule has 1 N–H and O–H groups in total. The average molecular weight is 249 g/mol. The molecule has 0 saturated carbocycles. The standard InChI is InChI=1S/C14H23N3O/c1-10-7-17(9-13(10)16(3)4)8-12-14(18)6-5-11(2)15-12/h5-6,10,13,18H,7-9H2,1-4H3. The van der Waals surface area contributed by atoms with E-state index in [1.165, 1.54) is 0 Å². The molecule has 2 rings (SSSR count). The lowest BCUT2D eigenvalue weighted by Crippen LogP contribution is -2.34. The van der Waals surface area contributed by atoms with Gasteiger partial charge in [0, 0.05) is 31.4 Å². The number of pyridine rings is 1. The molecule has 2 heterocycles. The van der Waals surface area contributed by atoms with E-state index in [4.69, 9.17) is 0 Å². The number of likely N-dealkylation sites (N-methyl/N-ethyl adjacent to an activating group) is 1. The summed E-state index contributed by atoms with van der Waals surface area (Å²) in [5.74, 6) is 0.966. The average Bonchev–Trinajstić information content (AvgIpc) is 2.65. The van der Waals surface area contributed by atoms with E-state index in [0.29, 0.717) is 17.7 Å². The fourth-order valence-corrected chi connectivity index (χ4v) is 2.78. The molecule has 18 heavy (non-hydrogen) atoms. The van der Waals surface area contributed by atoms with Crippen molar-refractivity contribution < 1.29 is 5.11 Å². The number of hydrogen-bond donors (Lipinski definition) is 1. The van der Waals surface area contributed by atoms with Crippen LogP contribution in [0.1, 0.15) is 18.3 Å². The second-order valence-electron chi connectivity index (χ2n) is 5.62. The van der Waals surface area contributed by atoms with Crippen molar-refractivity contribution in [2.45, 2.75) is 26.4 Å². The van der Waals surface area contributed by atoms with E-state index < -0.39 is 0 Å². The second kappa shape index (κ2) is 5.24. The zero-order chi connectivity index (χ0) is 13.3. The van der Waals surface area contributed by atoms with Crippen molar-refractivity contribution >= 4 is 0 Å². The Hall–Kier alpha value is -1.13. The third-order valence-electron chi connectivity index (χ3n) is 3.77. The maximum Gasteiger partial charge on any atom is 0.138 e. The third-order valence-corrected chi connectivity index (χ3v) is 3.77. The summed E-state index contributed by atoms with van der Waals surface area (Å²) in [6.45, 7) is 7.09. The summed E-state index contributed by atoms with van der Waals surface area (Å²) < 4.78 is 0. The van der Waals surface area contributed by atoms with Crippen LogP contribution < -0.4 is 0 Å². The van der Waals surface area contributed by atoms with Gasteiger partial charge in [0.15, 0.2) is 0 Å². The lowest BCUT2D eigenvalue weighted by atomic mass is 10.1. The predicted molar refractivity (Wildman–Crippen MR) is 72.6 cm³/mol. The Morgan fingerprint density at radius 3 is 2.72 bits per heavy atom. The van der Waals surface area contributed by atoms with Crippen LogP contribution in [0.15, 0.2) is 12.1 Å². The van der Waals surface area contributed by atoms with Gasteiger partial charge in [0.1, 0.15) is 5.75 Å². The minimum absolute atomic E-state index is 0.307. The molecule has 0 aliphatic carbocycles. The summed E-state index contributed by atoms with van der Waals surface area (Å²) >= 11 is 0. The van der Waals surface area contributed by atoms with Crippen LogP contribution >= 0.6 is 0 Å². The molecular formula is C14H23N3O. The highest BCUT2D eigenvalue weighted by Gasteiger charge is 2.31. The van der Waals surface area contributed by atoms with Crippen molar-refractivity contribution in [2.75, 3.05) is 27.2 Å². The van der Waals surface area contributed by atoms with Crippen LogP contribution in [0.2, 0.25) is 0 Å². The highest BCUT2D eigenvalue weighted by Crippen LogP contribution is 2.24. The number of rotatable bonds is 3. The van der Waals surface area contributed by atoms with Crippen molar-refractivity contribution in [3.8, 4) is 5.75 Å². The molecule has 1 aliphatic heterocycles. The molecule has 0 spiro atoms. The van der Waals surface area contributed by atoms with E-state index in [-0.39, 0.29) is 0 Å². The van der Waals surface area contributed by atoms with Crippen LogP contribution in [-0.2, 0) is 6.54 Å². The van der Waals surface area contributed by atoms with Crippen LogP contribution in [0.25, 0.3) is 0 Å². The Morgan fingerprint density at radius 2 is 2.11 bits per heavy atom. The lowest BCUT2D eigenvalue weighted by molar-refractivity contribution is 0.248. The number of aryl methyl sites for hydroxylation is 1. The van der Waals surface area contributed by atoms with Gasteiger partial charge in [-0.15, -0.1) is 0 Å². The summed E-state index contributed by atoms with van der Waals surface area (Å²) in [4.78, 5) is 9.08. The van der Waals surface area contributed by atoms with Crippen molar-refractivity contribution in [2.24, 2.45) is 5.92 Å². The van der Waals surface area contributed by atoms with Crippen molar-refractivity contribution in [1.29, 1.82) is 0 Å². The van der Waals surface area contributed by atoms with Gasteiger partial charge in [-0.05, 0) is 39.1 Å². The van der Waals surface area contributed by atoms with E-state index in [2.05, 4.69) is 35.8 Å². The summed E-state index contributed by atoms with van der Waals surface area (Å²) in [5, 5.41) is 9.84. The zero-order valence-electron chi connectivity index (χ0n) is 11.7. The smallest absolute Gasteiger partial charge is 0.138 e. The van der Waals surface area contributed by atoms with Crippen LogP contribution in [0, 0.1) is 12.8 Å². The summed E-state index contributed by atoms with van der Waals surface area (Å²) in [6.07, 6.45) is 0. The Labute approximate surface area is 109 Å². The number of aromatic hydroxyl groups is 1. The molecule has 4 nitrogen and oxygen atoms in total. The molecule has 1 aromatic rings. The minimum atomic E-state index is 0.307. The predicted octanol–water partition coefficient (Wildman–Crippen LogP) is 1.48. The quantitative estimate of drug-likeness (QED) is 0.881. The Kier molecular flexibility index (Phi) is 3.88. The Balaban J connectivity index is 2.05. The Morgan fingerprint density at radius 1 is 1.39 bits per heavy atom. The maximum atomic E-state index is 9.84. The fraction of sp³-hybridized carbons (Fsp3) is 0.643. The molecule has 0 radical (unpaired) electrons. The molecule has 1 aliphatic rings. The van der Waals surface area contributed by atoms with Crippen LogP contribution in [0.5, 0.6) is 5.75 Å². The van der Waals surface area contributed by atoms with Gasteiger partial charge < -0.3 is 10.0 Å². The first-order valence-electron chi connectivity index (χ1n) is 6.51.